The maximum Gasteiger partial charge on any atom is 0.341 e. The molecule has 1 rings (SSSR count). The van der Waals surface area contributed by atoms with E-state index < -0.39 is 12.1 Å². The van der Waals surface area contributed by atoms with Gasteiger partial charge in [-0.05, 0) is 31.7 Å². The van der Waals surface area contributed by atoms with Crippen LogP contribution in [-0.2, 0) is 9.53 Å². The first-order valence-electron chi connectivity index (χ1n) is 5.77. The Balaban J connectivity index is 2.59. The summed E-state index contributed by atoms with van der Waals surface area (Å²) in [7, 11) is 0. The van der Waals surface area contributed by atoms with Gasteiger partial charge in [-0.25, -0.2) is 4.79 Å². The van der Waals surface area contributed by atoms with Gasteiger partial charge in [0.2, 0.25) is 5.91 Å². The highest BCUT2D eigenvalue weighted by atomic mass is 32.1. The summed E-state index contributed by atoms with van der Waals surface area (Å²) in [6.07, 6.45) is 0.104. The molecule has 0 fully saturated rings. The van der Waals surface area contributed by atoms with Crippen molar-refractivity contribution in [2.24, 2.45) is 0 Å². The number of anilines is 1. The molecule has 6 heteroatoms. The van der Waals surface area contributed by atoms with Gasteiger partial charge in [-0.2, -0.15) is 0 Å². The summed E-state index contributed by atoms with van der Waals surface area (Å²) in [5, 5.41) is 14.0. The van der Waals surface area contributed by atoms with Gasteiger partial charge >= 0.3 is 5.97 Å². The first-order chi connectivity index (χ1) is 8.54. The second kappa shape index (κ2) is 7.13. The number of carbonyl (C=O) groups is 2. The van der Waals surface area contributed by atoms with E-state index in [1.165, 1.54) is 11.3 Å². The molecule has 0 aliphatic rings. The van der Waals surface area contributed by atoms with Crippen molar-refractivity contribution in [3.63, 3.8) is 0 Å². The number of hydrogen-bond acceptors (Lipinski definition) is 5. The Morgan fingerprint density at radius 2 is 2.28 bits per heavy atom. The van der Waals surface area contributed by atoms with Crippen LogP contribution in [0.5, 0.6) is 0 Å². The minimum atomic E-state index is -0.511. The third-order valence-corrected chi connectivity index (χ3v) is 3.03. The molecule has 0 saturated heterocycles. The fourth-order valence-electron chi connectivity index (χ4n) is 1.30. The van der Waals surface area contributed by atoms with Crippen LogP contribution >= 0.6 is 11.3 Å². The topological polar surface area (TPSA) is 75.6 Å². The van der Waals surface area contributed by atoms with E-state index in [0.717, 1.165) is 0 Å². The van der Waals surface area contributed by atoms with Crippen molar-refractivity contribution in [3.05, 3.63) is 17.0 Å². The number of esters is 1. The van der Waals surface area contributed by atoms with Crippen LogP contribution in [0.25, 0.3) is 0 Å². The van der Waals surface area contributed by atoms with Crippen LogP contribution in [0.4, 0.5) is 5.00 Å². The molecule has 2 N–H and O–H groups in total. The fourth-order valence-corrected chi connectivity index (χ4v) is 2.10. The van der Waals surface area contributed by atoms with Gasteiger partial charge in [0.25, 0.3) is 0 Å². The molecule has 1 aromatic heterocycles. The van der Waals surface area contributed by atoms with E-state index in [-0.39, 0.29) is 12.3 Å². The van der Waals surface area contributed by atoms with Crippen molar-refractivity contribution >= 4 is 28.2 Å². The number of thiophene rings is 1. The van der Waals surface area contributed by atoms with E-state index in [9.17, 15) is 9.59 Å². The third-order valence-electron chi connectivity index (χ3n) is 2.20. The zero-order valence-corrected chi connectivity index (χ0v) is 11.3. The van der Waals surface area contributed by atoms with Crippen LogP contribution in [-0.4, -0.2) is 29.7 Å². The van der Waals surface area contributed by atoms with Crippen LogP contribution in [0.3, 0.4) is 0 Å². The SMILES string of the molecule is CCOC(=O)c1ccsc1NC(=O)CCC(C)O. The molecule has 0 aromatic carbocycles. The Morgan fingerprint density at radius 1 is 1.56 bits per heavy atom. The number of aliphatic hydroxyl groups is 1. The van der Waals surface area contributed by atoms with Crippen molar-refractivity contribution in [2.75, 3.05) is 11.9 Å². The average Bonchev–Trinajstić information content (AvgIpc) is 2.75. The summed E-state index contributed by atoms with van der Waals surface area (Å²) in [5.41, 5.74) is 0.368. The van der Waals surface area contributed by atoms with Crippen molar-refractivity contribution in [2.45, 2.75) is 32.8 Å². The van der Waals surface area contributed by atoms with Gasteiger partial charge in [0, 0.05) is 6.42 Å². The van der Waals surface area contributed by atoms with Crippen LogP contribution in [0, 0.1) is 0 Å². The number of hydrogen-bond donors (Lipinski definition) is 2. The molecule has 1 atom stereocenters. The second-order valence-electron chi connectivity index (χ2n) is 3.82. The quantitative estimate of drug-likeness (QED) is 0.776. The monoisotopic (exact) mass is 271 g/mol. The molecular formula is C12H17NO4S. The number of rotatable bonds is 6. The lowest BCUT2D eigenvalue weighted by Gasteiger charge is -2.07. The number of aliphatic hydroxyl groups excluding tert-OH is 1. The van der Waals surface area contributed by atoms with Crippen molar-refractivity contribution in [3.8, 4) is 0 Å². The normalized spacial score (nSPS) is 11.9. The Labute approximate surface area is 110 Å². The number of carbonyl (C=O) groups excluding carboxylic acids is 2. The summed E-state index contributed by atoms with van der Waals surface area (Å²) in [6.45, 7) is 3.65. The molecule has 1 unspecified atom stereocenters. The van der Waals surface area contributed by atoms with E-state index >= 15 is 0 Å². The van der Waals surface area contributed by atoms with Gasteiger partial charge < -0.3 is 15.2 Å². The Bertz CT molecular complexity index is 414. The second-order valence-corrected chi connectivity index (χ2v) is 4.74. The lowest BCUT2D eigenvalue weighted by Crippen LogP contribution is -2.15. The minimum Gasteiger partial charge on any atom is -0.462 e. The highest BCUT2D eigenvalue weighted by molar-refractivity contribution is 7.14. The largest absolute Gasteiger partial charge is 0.462 e. The number of amides is 1. The molecule has 100 valence electrons. The lowest BCUT2D eigenvalue weighted by atomic mass is 10.2. The summed E-state index contributed by atoms with van der Waals surface area (Å²) in [6, 6.07) is 1.62. The molecule has 18 heavy (non-hydrogen) atoms. The van der Waals surface area contributed by atoms with Crippen molar-refractivity contribution < 1.29 is 19.4 Å². The van der Waals surface area contributed by atoms with Gasteiger partial charge in [-0.15, -0.1) is 11.3 Å². The van der Waals surface area contributed by atoms with Crippen molar-refractivity contribution in [1.82, 2.24) is 0 Å². The van der Waals surface area contributed by atoms with E-state index in [1.807, 2.05) is 0 Å². The molecular weight excluding hydrogens is 254 g/mol. The van der Waals surface area contributed by atoms with E-state index in [4.69, 9.17) is 9.84 Å². The zero-order chi connectivity index (χ0) is 13.5. The van der Waals surface area contributed by atoms with Crippen LogP contribution < -0.4 is 5.32 Å². The summed E-state index contributed by atoms with van der Waals surface area (Å²) >= 11 is 1.27. The van der Waals surface area contributed by atoms with Crippen LogP contribution in [0.1, 0.15) is 37.0 Å². The maximum atomic E-state index is 11.6. The zero-order valence-electron chi connectivity index (χ0n) is 10.4. The molecule has 1 aromatic rings. The molecule has 1 amide bonds. The lowest BCUT2D eigenvalue weighted by molar-refractivity contribution is -0.116. The molecule has 0 aliphatic carbocycles. The molecule has 0 saturated carbocycles. The van der Waals surface area contributed by atoms with Crippen LogP contribution in [0.15, 0.2) is 11.4 Å². The average molecular weight is 271 g/mol. The summed E-state index contributed by atoms with van der Waals surface area (Å²) in [4.78, 5) is 23.1. The Morgan fingerprint density at radius 3 is 2.89 bits per heavy atom. The standard InChI is InChI=1S/C12H17NO4S/c1-3-17-12(16)9-6-7-18-11(9)13-10(15)5-4-8(2)14/h6-8,14H,3-5H2,1-2H3,(H,13,15). The van der Waals surface area contributed by atoms with E-state index in [0.29, 0.717) is 23.6 Å². The van der Waals surface area contributed by atoms with Gasteiger partial charge in [0.1, 0.15) is 5.00 Å². The maximum absolute atomic E-state index is 11.6. The predicted octanol–water partition coefficient (Wildman–Crippen LogP) is 2.02. The van der Waals surface area contributed by atoms with E-state index in [1.54, 1.807) is 25.3 Å². The highest BCUT2D eigenvalue weighted by Gasteiger charge is 2.15. The van der Waals surface area contributed by atoms with Gasteiger partial charge in [0.15, 0.2) is 0 Å². The Kier molecular flexibility index (Phi) is 5.80. The molecule has 1 heterocycles. The third kappa shape index (κ3) is 4.46. The van der Waals surface area contributed by atoms with Crippen LogP contribution in [0.2, 0.25) is 0 Å². The first-order valence-corrected chi connectivity index (χ1v) is 6.65. The van der Waals surface area contributed by atoms with Gasteiger partial charge in [-0.1, -0.05) is 0 Å². The number of ether oxygens (including phenoxy) is 1. The highest BCUT2D eigenvalue weighted by Crippen LogP contribution is 2.24. The fraction of sp³-hybridized carbons (Fsp3) is 0.500. The minimum absolute atomic E-state index is 0.219. The molecule has 0 aliphatic heterocycles. The Hall–Kier alpha value is -1.40. The molecule has 0 radical (unpaired) electrons. The van der Waals surface area contributed by atoms with E-state index in [2.05, 4.69) is 5.32 Å². The summed E-state index contributed by atoms with van der Waals surface area (Å²) in [5.74, 6) is -0.659. The molecule has 0 spiro atoms. The van der Waals surface area contributed by atoms with Gasteiger partial charge in [0.05, 0.1) is 18.3 Å². The first kappa shape index (κ1) is 14.7. The predicted molar refractivity (Wildman–Crippen MR) is 69.8 cm³/mol. The van der Waals surface area contributed by atoms with Crippen molar-refractivity contribution in [1.29, 1.82) is 0 Å². The smallest absolute Gasteiger partial charge is 0.341 e. The number of nitrogens with one attached hydrogen (secondary N) is 1. The summed E-state index contributed by atoms with van der Waals surface area (Å²) < 4.78 is 4.88. The molecule has 5 nitrogen and oxygen atoms in total. The van der Waals surface area contributed by atoms with Gasteiger partial charge in [-0.3, -0.25) is 4.79 Å². The molecule has 0 bridgehead atoms.